The van der Waals surface area contributed by atoms with Crippen LogP contribution in [-0.4, -0.2) is 27.9 Å². The molecule has 1 amide bonds. The second-order valence-corrected chi connectivity index (χ2v) is 8.56. The minimum atomic E-state index is -1.31. The highest BCUT2D eigenvalue weighted by molar-refractivity contribution is 6.30. The lowest BCUT2D eigenvalue weighted by atomic mass is 9.97. The number of hydrogen-bond acceptors (Lipinski definition) is 8. The Kier molecular flexibility index (Phi) is 8.20. The van der Waals surface area contributed by atoms with Crippen LogP contribution in [-0.2, 0) is 4.79 Å². The third-order valence-electron chi connectivity index (χ3n) is 5.21. The first kappa shape index (κ1) is 27.2. The van der Waals surface area contributed by atoms with Crippen LogP contribution in [0.2, 0.25) is 5.02 Å². The number of pyridine rings is 1. The quantitative estimate of drug-likeness (QED) is 0.185. The van der Waals surface area contributed by atoms with Crippen molar-refractivity contribution in [3.05, 3.63) is 83.3 Å². The van der Waals surface area contributed by atoms with E-state index >= 15 is 0 Å². The van der Waals surface area contributed by atoms with Crippen LogP contribution in [0.3, 0.4) is 0 Å². The summed E-state index contributed by atoms with van der Waals surface area (Å²) in [5, 5.41) is 26.5. The maximum absolute atomic E-state index is 12.8. The highest BCUT2D eigenvalue weighted by Gasteiger charge is 2.21. The van der Waals surface area contributed by atoms with Gasteiger partial charge in [-0.2, -0.15) is 5.26 Å². The molecule has 9 nitrogen and oxygen atoms in total. The first-order chi connectivity index (χ1) is 17.2. The summed E-state index contributed by atoms with van der Waals surface area (Å²) in [6, 6.07) is 16.7. The molecule has 0 aliphatic heterocycles. The van der Waals surface area contributed by atoms with Gasteiger partial charge in [-0.25, -0.2) is 4.98 Å². The molecule has 0 spiro atoms. The number of aldehydes is 1. The molecule has 2 aromatic carbocycles. The number of benzene rings is 2. The standard InChI is InChI=1S/C26H20ClN5O4.ClH/c1-26(29,14-33)32-18-4-2-3-15(9-18)20-11-22(19-6-5-17(27)10-23(19)34)30-24(21(20)12-28)31-25(35)16-7-8-36-13-16;/h2-11,13-14,32,34H,29H2,1H3,(H,30,31,35);1H/t26-;/m0./s1. The van der Waals surface area contributed by atoms with E-state index in [0.29, 0.717) is 33.7 Å². The summed E-state index contributed by atoms with van der Waals surface area (Å²) in [4.78, 5) is 28.5. The van der Waals surface area contributed by atoms with E-state index in [-0.39, 0.29) is 40.8 Å². The number of carbonyl (C=O) groups excluding carboxylic acids is 2. The van der Waals surface area contributed by atoms with Gasteiger partial charge in [-0.1, -0.05) is 23.7 Å². The van der Waals surface area contributed by atoms with E-state index in [1.54, 1.807) is 42.5 Å². The molecule has 4 aromatic rings. The molecule has 0 bridgehead atoms. The number of rotatable bonds is 7. The van der Waals surface area contributed by atoms with Crippen molar-refractivity contribution in [1.29, 1.82) is 5.26 Å². The molecule has 0 unspecified atom stereocenters. The molecule has 4 rings (SSSR count). The number of amides is 1. The van der Waals surface area contributed by atoms with Crippen LogP contribution in [0.5, 0.6) is 5.75 Å². The normalized spacial score (nSPS) is 11.9. The van der Waals surface area contributed by atoms with Crippen LogP contribution in [0.4, 0.5) is 11.5 Å². The number of aromatic hydroxyl groups is 1. The summed E-state index contributed by atoms with van der Waals surface area (Å²) < 4.78 is 4.97. The van der Waals surface area contributed by atoms with E-state index in [1.165, 1.54) is 31.6 Å². The number of nitrogens with two attached hydrogens (primary N) is 1. The first-order valence-corrected chi connectivity index (χ1v) is 11.0. The zero-order valence-corrected chi connectivity index (χ0v) is 20.9. The van der Waals surface area contributed by atoms with E-state index < -0.39 is 11.6 Å². The molecular weight excluding hydrogens is 517 g/mol. The van der Waals surface area contributed by atoms with Crippen molar-refractivity contribution in [2.75, 3.05) is 10.6 Å². The fourth-order valence-corrected chi connectivity index (χ4v) is 3.68. The molecule has 0 aliphatic carbocycles. The fraction of sp³-hybridized carbons (Fsp3) is 0.0769. The number of halogens is 2. The Balaban J connectivity index is 0.00000380. The number of carbonyl (C=O) groups is 2. The smallest absolute Gasteiger partial charge is 0.260 e. The summed E-state index contributed by atoms with van der Waals surface area (Å²) >= 11 is 5.99. The van der Waals surface area contributed by atoms with Crippen LogP contribution >= 0.6 is 24.0 Å². The summed E-state index contributed by atoms with van der Waals surface area (Å²) in [6.45, 7) is 1.52. The maximum atomic E-state index is 12.8. The monoisotopic (exact) mass is 537 g/mol. The van der Waals surface area contributed by atoms with Crippen molar-refractivity contribution in [2.45, 2.75) is 12.6 Å². The van der Waals surface area contributed by atoms with Gasteiger partial charge in [0.15, 0.2) is 12.1 Å². The average molecular weight is 538 g/mol. The lowest BCUT2D eigenvalue weighted by Gasteiger charge is -2.21. The van der Waals surface area contributed by atoms with Gasteiger partial charge in [-0.3, -0.25) is 9.59 Å². The zero-order chi connectivity index (χ0) is 25.9. The molecule has 2 heterocycles. The number of phenols is 1. The van der Waals surface area contributed by atoms with Crippen LogP contribution in [0, 0.1) is 11.3 Å². The zero-order valence-electron chi connectivity index (χ0n) is 19.4. The Labute approximate surface area is 223 Å². The Morgan fingerprint density at radius 3 is 2.65 bits per heavy atom. The van der Waals surface area contributed by atoms with Gasteiger partial charge in [0, 0.05) is 21.8 Å². The Morgan fingerprint density at radius 2 is 2.00 bits per heavy atom. The number of nitriles is 1. The Hall–Kier alpha value is -4.36. The van der Waals surface area contributed by atoms with Gasteiger partial charge in [0.25, 0.3) is 5.91 Å². The van der Waals surface area contributed by atoms with E-state index in [2.05, 4.69) is 21.7 Å². The summed E-state index contributed by atoms with van der Waals surface area (Å²) in [6.07, 6.45) is 3.20. The first-order valence-electron chi connectivity index (χ1n) is 10.6. The van der Waals surface area contributed by atoms with Crippen LogP contribution in [0.15, 0.2) is 71.5 Å². The molecule has 0 aliphatic rings. The molecule has 37 heavy (non-hydrogen) atoms. The predicted molar refractivity (Wildman–Crippen MR) is 143 cm³/mol. The van der Waals surface area contributed by atoms with E-state index in [9.17, 15) is 20.0 Å². The number of anilines is 2. The van der Waals surface area contributed by atoms with E-state index in [4.69, 9.17) is 21.8 Å². The van der Waals surface area contributed by atoms with E-state index in [1.807, 2.05) is 0 Å². The Morgan fingerprint density at radius 1 is 1.22 bits per heavy atom. The number of aromatic nitrogens is 1. The lowest BCUT2D eigenvalue weighted by molar-refractivity contribution is -0.111. The highest BCUT2D eigenvalue weighted by Crippen LogP contribution is 2.37. The van der Waals surface area contributed by atoms with E-state index in [0.717, 1.165) is 0 Å². The topological polar surface area (TPSA) is 154 Å². The molecule has 11 heteroatoms. The van der Waals surface area contributed by atoms with Crippen molar-refractivity contribution in [2.24, 2.45) is 5.73 Å². The Bertz CT molecular complexity index is 1500. The summed E-state index contributed by atoms with van der Waals surface area (Å²) in [7, 11) is 0. The van der Waals surface area contributed by atoms with Crippen LogP contribution in [0.25, 0.3) is 22.4 Å². The van der Waals surface area contributed by atoms with Crippen LogP contribution in [0.1, 0.15) is 22.8 Å². The number of nitrogens with zero attached hydrogens (tertiary/aromatic N) is 2. The van der Waals surface area contributed by atoms with Crippen molar-refractivity contribution in [3.63, 3.8) is 0 Å². The molecular formula is C26H21Cl2N5O4. The minimum absolute atomic E-state index is 0. The summed E-state index contributed by atoms with van der Waals surface area (Å²) in [5.74, 6) is -0.671. The average Bonchev–Trinajstić information content (AvgIpc) is 3.39. The van der Waals surface area contributed by atoms with Crippen molar-refractivity contribution >= 4 is 47.7 Å². The third-order valence-corrected chi connectivity index (χ3v) is 5.45. The SMILES string of the molecule is C[C@@](N)(C=O)Nc1cccc(-c2cc(-c3ccc(Cl)cc3O)nc(NC(=O)c3ccoc3)c2C#N)c1.Cl. The molecule has 1 atom stereocenters. The van der Waals surface area contributed by atoms with Gasteiger partial charge in [0.2, 0.25) is 0 Å². The fourth-order valence-electron chi connectivity index (χ4n) is 3.51. The predicted octanol–water partition coefficient (Wildman–Crippen LogP) is 5.20. The molecule has 0 saturated heterocycles. The third kappa shape index (κ3) is 6.08. The van der Waals surface area contributed by atoms with Gasteiger partial charge < -0.3 is 25.9 Å². The number of nitrogens with one attached hydrogen (secondary N) is 2. The molecule has 0 saturated carbocycles. The number of hydrogen-bond donors (Lipinski definition) is 4. The van der Waals surface area contributed by atoms with Gasteiger partial charge in [-0.05, 0) is 55.0 Å². The molecule has 0 fully saturated rings. The second kappa shape index (κ2) is 11.1. The molecule has 2 aromatic heterocycles. The highest BCUT2D eigenvalue weighted by atomic mass is 35.5. The van der Waals surface area contributed by atoms with Gasteiger partial charge >= 0.3 is 0 Å². The van der Waals surface area contributed by atoms with Crippen molar-refractivity contribution < 1.29 is 19.1 Å². The van der Waals surface area contributed by atoms with Crippen molar-refractivity contribution in [1.82, 2.24) is 4.98 Å². The van der Waals surface area contributed by atoms with Gasteiger partial charge in [0.1, 0.15) is 29.3 Å². The van der Waals surface area contributed by atoms with Gasteiger partial charge in [0.05, 0.1) is 17.5 Å². The lowest BCUT2D eigenvalue weighted by Crippen LogP contribution is -2.46. The van der Waals surface area contributed by atoms with Crippen molar-refractivity contribution in [3.8, 4) is 34.2 Å². The molecule has 0 radical (unpaired) electrons. The number of furan rings is 1. The van der Waals surface area contributed by atoms with Crippen LogP contribution < -0.4 is 16.4 Å². The molecule has 188 valence electrons. The maximum Gasteiger partial charge on any atom is 0.260 e. The molecule has 5 N–H and O–H groups in total. The number of phenolic OH excluding ortho intramolecular Hbond substituents is 1. The summed E-state index contributed by atoms with van der Waals surface area (Å²) in [5.41, 5.74) is 7.10. The largest absolute Gasteiger partial charge is 0.507 e. The van der Waals surface area contributed by atoms with Gasteiger partial charge in [-0.15, -0.1) is 12.4 Å². The minimum Gasteiger partial charge on any atom is -0.507 e. The second-order valence-electron chi connectivity index (χ2n) is 8.12.